The second-order valence-electron chi connectivity index (χ2n) is 5.71. The minimum atomic E-state index is -0.272. The largest absolute Gasteiger partial charge is 0.462 e. The zero-order valence-electron chi connectivity index (χ0n) is 12.5. The van der Waals surface area contributed by atoms with Gasteiger partial charge in [-0.05, 0) is 37.0 Å². The van der Waals surface area contributed by atoms with Crippen molar-refractivity contribution in [2.24, 2.45) is 5.92 Å². The Morgan fingerprint density at radius 2 is 2.14 bits per heavy atom. The molecule has 0 unspecified atom stereocenters. The van der Waals surface area contributed by atoms with Gasteiger partial charge >= 0.3 is 5.97 Å². The number of hydrogen-bond donors (Lipinski definition) is 1. The molecule has 0 amide bonds. The maximum Gasteiger partial charge on any atom is 0.340 e. The summed E-state index contributed by atoms with van der Waals surface area (Å²) < 4.78 is 11.6. The summed E-state index contributed by atoms with van der Waals surface area (Å²) in [7, 11) is 0. The Hall–Kier alpha value is -1.07. The SMILES string of the molecule is CC(C)COC(=O)c1ccc(Br)cc1NC1CCOCC1. The molecule has 1 fully saturated rings. The zero-order valence-corrected chi connectivity index (χ0v) is 14.1. The summed E-state index contributed by atoms with van der Waals surface area (Å²) in [5, 5.41) is 3.45. The van der Waals surface area contributed by atoms with Crippen molar-refractivity contribution < 1.29 is 14.3 Å². The second-order valence-corrected chi connectivity index (χ2v) is 6.63. The molecule has 1 saturated heterocycles. The van der Waals surface area contributed by atoms with E-state index in [9.17, 15) is 4.79 Å². The topological polar surface area (TPSA) is 47.6 Å². The van der Waals surface area contributed by atoms with Crippen molar-refractivity contribution in [3.8, 4) is 0 Å². The van der Waals surface area contributed by atoms with Gasteiger partial charge in [-0.25, -0.2) is 4.79 Å². The lowest BCUT2D eigenvalue weighted by Crippen LogP contribution is -2.28. The molecule has 2 rings (SSSR count). The van der Waals surface area contributed by atoms with Gasteiger partial charge in [0.05, 0.1) is 17.9 Å². The third-order valence-electron chi connectivity index (χ3n) is 3.33. The van der Waals surface area contributed by atoms with Gasteiger partial charge in [0, 0.05) is 23.7 Å². The van der Waals surface area contributed by atoms with E-state index in [0.29, 0.717) is 24.1 Å². The summed E-state index contributed by atoms with van der Waals surface area (Å²) in [5.41, 5.74) is 1.41. The van der Waals surface area contributed by atoms with Crippen LogP contribution in [0.2, 0.25) is 0 Å². The van der Waals surface area contributed by atoms with Crippen LogP contribution < -0.4 is 5.32 Å². The number of carbonyl (C=O) groups excluding carboxylic acids is 1. The summed E-state index contributed by atoms with van der Waals surface area (Å²) in [4.78, 5) is 12.2. The smallest absolute Gasteiger partial charge is 0.340 e. The Morgan fingerprint density at radius 1 is 1.43 bits per heavy atom. The fraction of sp³-hybridized carbons (Fsp3) is 0.562. The molecule has 0 bridgehead atoms. The summed E-state index contributed by atoms with van der Waals surface area (Å²) >= 11 is 3.46. The monoisotopic (exact) mass is 355 g/mol. The summed E-state index contributed by atoms with van der Waals surface area (Å²) in [6.07, 6.45) is 1.90. The molecular formula is C16H22BrNO3. The number of hydrogen-bond acceptors (Lipinski definition) is 4. The fourth-order valence-electron chi connectivity index (χ4n) is 2.20. The van der Waals surface area contributed by atoms with Crippen LogP contribution in [0.3, 0.4) is 0 Å². The Kier molecular flexibility index (Phi) is 6.06. The van der Waals surface area contributed by atoms with Crippen LogP contribution in [0.5, 0.6) is 0 Å². The van der Waals surface area contributed by atoms with E-state index >= 15 is 0 Å². The Bertz CT molecular complexity index is 484. The van der Waals surface area contributed by atoms with Crippen LogP contribution in [0.25, 0.3) is 0 Å². The Balaban J connectivity index is 2.10. The normalized spacial score (nSPS) is 16.0. The zero-order chi connectivity index (χ0) is 15.2. The number of carbonyl (C=O) groups is 1. The van der Waals surface area contributed by atoms with E-state index in [4.69, 9.17) is 9.47 Å². The first-order valence-electron chi connectivity index (χ1n) is 7.37. The van der Waals surface area contributed by atoms with Crippen LogP contribution in [-0.4, -0.2) is 31.8 Å². The van der Waals surface area contributed by atoms with Gasteiger partial charge in [0.1, 0.15) is 0 Å². The van der Waals surface area contributed by atoms with E-state index < -0.39 is 0 Å². The predicted molar refractivity (Wildman–Crippen MR) is 86.7 cm³/mol. The van der Waals surface area contributed by atoms with Crippen LogP contribution in [0.4, 0.5) is 5.69 Å². The van der Waals surface area contributed by atoms with Gasteiger partial charge in [-0.3, -0.25) is 0 Å². The third kappa shape index (κ3) is 5.00. The third-order valence-corrected chi connectivity index (χ3v) is 3.82. The summed E-state index contributed by atoms with van der Waals surface area (Å²) in [5.74, 6) is 0.0575. The first-order chi connectivity index (χ1) is 10.1. The van der Waals surface area contributed by atoms with E-state index in [1.54, 1.807) is 6.07 Å². The Morgan fingerprint density at radius 3 is 2.81 bits per heavy atom. The average molecular weight is 356 g/mol. The van der Waals surface area contributed by atoms with Crippen molar-refractivity contribution in [3.63, 3.8) is 0 Å². The van der Waals surface area contributed by atoms with E-state index in [0.717, 1.165) is 36.2 Å². The van der Waals surface area contributed by atoms with Gasteiger partial charge in [-0.2, -0.15) is 0 Å². The molecule has 0 aliphatic carbocycles. The van der Waals surface area contributed by atoms with E-state index in [2.05, 4.69) is 21.2 Å². The molecule has 0 spiro atoms. The van der Waals surface area contributed by atoms with Crippen LogP contribution in [-0.2, 0) is 9.47 Å². The van der Waals surface area contributed by atoms with Gasteiger partial charge in [-0.15, -0.1) is 0 Å². The molecule has 1 aromatic carbocycles. The molecule has 0 saturated carbocycles. The average Bonchev–Trinajstić information content (AvgIpc) is 2.46. The highest BCUT2D eigenvalue weighted by atomic mass is 79.9. The molecule has 0 atom stereocenters. The van der Waals surface area contributed by atoms with Crippen LogP contribution in [0, 0.1) is 5.92 Å². The van der Waals surface area contributed by atoms with Gasteiger partial charge in [0.15, 0.2) is 0 Å². The van der Waals surface area contributed by atoms with E-state index in [1.807, 2.05) is 26.0 Å². The first kappa shape index (κ1) is 16.3. The number of esters is 1. The molecule has 1 N–H and O–H groups in total. The molecule has 1 heterocycles. The summed E-state index contributed by atoms with van der Waals surface area (Å²) in [6, 6.07) is 5.93. The minimum absolute atomic E-state index is 0.272. The van der Waals surface area contributed by atoms with Gasteiger partial charge in [0.25, 0.3) is 0 Å². The summed E-state index contributed by atoms with van der Waals surface area (Å²) in [6.45, 7) is 6.01. The Labute approximate surface area is 134 Å². The highest BCUT2D eigenvalue weighted by Crippen LogP contribution is 2.25. The fourth-order valence-corrected chi connectivity index (χ4v) is 2.56. The second kappa shape index (κ2) is 7.80. The van der Waals surface area contributed by atoms with Crippen LogP contribution >= 0.6 is 15.9 Å². The molecule has 0 aromatic heterocycles. The molecule has 0 radical (unpaired) electrons. The molecule has 1 aliphatic heterocycles. The lowest BCUT2D eigenvalue weighted by molar-refractivity contribution is 0.0460. The number of ether oxygens (including phenoxy) is 2. The van der Waals surface area contributed by atoms with Crippen molar-refractivity contribution in [2.45, 2.75) is 32.7 Å². The van der Waals surface area contributed by atoms with Gasteiger partial charge in [-0.1, -0.05) is 29.8 Å². The van der Waals surface area contributed by atoms with E-state index in [1.165, 1.54) is 0 Å². The number of rotatable bonds is 5. The number of nitrogens with one attached hydrogen (secondary N) is 1. The number of benzene rings is 1. The van der Waals surface area contributed by atoms with Crippen molar-refractivity contribution in [1.29, 1.82) is 0 Å². The van der Waals surface area contributed by atoms with E-state index in [-0.39, 0.29) is 5.97 Å². The lowest BCUT2D eigenvalue weighted by atomic mass is 10.1. The quantitative estimate of drug-likeness (QED) is 0.814. The molecule has 1 aromatic rings. The van der Waals surface area contributed by atoms with Crippen LogP contribution in [0.1, 0.15) is 37.0 Å². The van der Waals surface area contributed by atoms with Crippen molar-refractivity contribution >= 4 is 27.6 Å². The molecule has 5 heteroatoms. The standard InChI is InChI=1S/C16H22BrNO3/c1-11(2)10-21-16(19)14-4-3-12(17)9-15(14)18-13-5-7-20-8-6-13/h3-4,9,11,13,18H,5-8,10H2,1-2H3. The van der Waals surface area contributed by atoms with Crippen molar-refractivity contribution in [2.75, 3.05) is 25.1 Å². The van der Waals surface area contributed by atoms with Gasteiger partial charge in [0.2, 0.25) is 0 Å². The number of anilines is 1. The predicted octanol–water partition coefficient (Wildman–Crippen LogP) is 3.85. The van der Waals surface area contributed by atoms with Gasteiger partial charge < -0.3 is 14.8 Å². The highest BCUT2D eigenvalue weighted by Gasteiger charge is 2.18. The maximum atomic E-state index is 12.2. The molecular weight excluding hydrogens is 334 g/mol. The molecule has 116 valence electrons. The maximum absolute atomic E-state index is 12.2. The minimum Gasteiger partial charge on any atom is -0.462 e. The molecule has 21 heavy (non-hydrogen) atoms. The van der Waals surface area contributed by atoms with Crippen molar-refractivity contribution in [1.82, 2.24) is 0 Å². The highest BCUT2D eigenvalue weighted by molar-refractivity contribution is 9.10. The van der Waals surface area contributed by atoms with Crippen LogP contribution in [0.15, 0.2) is 22.7 Å². The number of halogens is 1. The van der Waals surface area contributed by atoms with Crippen molar-refractivity contribution in [3.05, 3.63) is 28.2 Å². The lowest BCUT2D eigenvalue weighted by Gasteiger charge is -2.25. The molecule has 4 nitrogen and oxygen atoms in total. The molecule has 1 aliphatic rings. The first-order valence-corrected chi connectivity index (χ1v) is 8.16.